The lowest BCUT2D eigenvalue weighted by Crippen LogP contribution is -2.54. The van der Waals surface area contributed by atoms with E-state index < -0.39 is 0 Å². The molecule has 4 fully saturated rings. The first-order valence-corrected chi connectivity index (χ1v) is 12.6. The van der Waals surface area contributed by atoms with E-state index in [2.05, 4.69) is 39.8 Å². The van der Waals surface area contributed by atoms with Crippen LogP contribution in [0.4, 0.5) is 0 Å². The van der Waals surface area contributed by atoms with Gasteiger partial charge in [-0.3, -0.25) is 0 Å². The number of nitrogens with zero attached hydrogens (tertiary/aromatic N) is 1. The fourth-order valence-electron chi connectivity index (χ4n) is 9.14. The Bertz CT molecular complexity index is 547. The van der Waals surface area contributed by atoms with Crippen molar-refractivity contribution in [2.75, 3.05) is 20.6 Å². The number of aliphatic hydroxyl groups is 1. The molecule has 0 aromatic heterocycles. The van der Waals surface area contributed by atoms with E-state index in [4.69, 9.17) is 0 Å². The minimum absolute atomic E-state index is 0.0117. The summed E-state index contributed by atoms with van der Waals surface area (Å²) < 4.78 is 0. The maximum atomic E-state index is 10.2. The first kappa shape index (κ1) is 21.2. The van der Waals surface area contributed by atoms with Gasteiger partial charge < -0.3 is 10.0 Å². The maximum absolute atomic E-state index is 10.2. The zero-order valence-electron chi connectivity index (χ0n) is 19.4. The van der Waals surface area contributed by atoms with Crippen LogP contribution in [0.25, 0.3) is 0 Å². The fourth-order valence-corrected chi connectivity index (χ4v) is 9.14. The Morgan fingerprint density at radius 1 is 0.929 bits per heavy atom. The molecule has 0 heterocycles. The minimum Gasteiger partial charge on any atom is -0.393 e. The van der Waals surface area contributed by atoms with Gasteiger partial charge in [0.25, 0.3) is 0 Å². The highest BCUT2D eigenvalue weighted by Crippen LogP contribution is 2.68. The smallest absolute Gasteiger partial charge is 0.0543 e. The van der Waals surface area contributed by atoms with E-state index in [0.29, 0.717) is 10.8 Å². The van der Waals surface area contributed by atoms with Crippen molar-refractivity contribution in [3.63, 3.8) is 0 Å². The van der Waals surface area contributed by atoms with Crippen molar-refractivity contribution < 1.29 is 5.11 Å². The van der Waals surface area contributed by atoms with Crippen LogP contribution in [0.1, 0.15) is 91.4 Å². The van der Waals surface area contributed by atoms with Crippen LogP contribution in [0.5, 0.6) is 0 Å². The molecule has 1 N–H and O–H groups in total. The molecule has 162 valence electrons. The average molecular weight is 390 g/mol. The first-order chi connectivity index (χ1) is 13.3. The average Bonchev–Trinajstić information content (AvgIpc) is 2.99. The maximum Gasteiger partial charge on any atom is 0.0543 e. The first-order valence-electron chi connectivity index (χ1n) is 12.6. The van der Waals surface area contributed by atoms with Gasteiger partial charge in [0.2, 0.25) is 0 Å². The van der Waals surface area contributed by atoms with Crippen LogP contribution in [0, 0.1) is 46.3 Å². The third-order valence-corrected chi connectivity index (χ3v) is 10.7. The molecule has 9 atom stereocenters. The van der Waals surface area contributed by atoms with Crippen molar-refractivity contribution in [3.8, 4) is 0 Å². The van der Waals surface area contributed by atoms with Crippen molar-refractivity contribution in [2.45, 2.75) is 97.5 Å². The van der Waals surface area contributed by atoms with E-state index in [1.807, 2.05) is 0 Å². The third kappa shape index (κ3) is 3.49. The predicted octanol–water partition coefficient (Wildman–Crippen LogP) is 5.98. The van der Waals surface area contributed by atoms with Gasteiger partial charge in [0.05, 0.1) is 6.10 Å². The van der Waals surface area contributed by atoms with Crippen LogP contribution in [-0.2, 0) is 0 Å². The van der Waals surface area contributed by atoms with E-state index in [-0.39, 0.29) is 6.10 Å². The largest absolute Gasteiger partial charge is 0.393 e. The normalized spacial score (nSPS) is 49.4. The van der Waals surface area contributed by atoms with Crippen LogP contribution in [-0.4, -0.2) is 36.8 Å². The van der Waals surface area contributed by atoms with Gasteiger partial charge >= 0.3 is 0 Å². The summed E-state index contributed by atoms with van der Waals surface area (Å²) in [6.45, 7) is 9.14. The zero-order valence-corrected chi connectivity index (χ0v) is 19.4. The third-order valence-electron chi connectivity index (χ3n) is 10.7. The van der Waals surface area contributed by atoms with Crippen LogP contribution < -0.4 is 0 Å². The molecule has 4 rings (SSSR count). The van der Waals surface area contributed by atoms with Gasteiger partial charge in [-0.2, -0.15) is 0 Å². The molecular formula is C26H47NO. The van der Waals surface area contributed by atoms with E-state index in [1.165, 1.54) is 64.3 Å². The molecular weight excluding hydrogens is 342 g/mol. The molecule has 2 nitrogen and oxygen atoms in total. The summed E-state index contributed by atoms with van der Waals surface area (Å²) in [5.41, 5.74) is 1.13. The lowest BCUT2D eigenvalue weighted by Gasteiger charge is -2.61. The zero-order chi connectivity index (χ0) is 20.1. The molecule has 4 aliphatic rings. The Morgan fingerprint density at radius 3 is 2.39 bits per heavy atom. The van der Waals surface area contributed by atoms with E-state index in [0.717, 1.165) is 48.3 Å². The van der Waals surface area contributed by atoms with Crippen molar-refractivity contribution >= 4 is 0 Å². The van der Waals surface area contributed by atoms with Crippen LogP contribution in [0.2, 0.25) is 0 Å². The molecule has 4 saturated carbocycles. The van der Waals surface area contributed by atoms with Crippen molar-refractivity contribution in [3.05, 3.63) is 0 Å². The second-order valence-electron chi connectivity index (χ2n) is 12.2. The number of hydrogen-bond donors (Lipinski definition) is 1. The van der Waals surface area contributed by atoms with Gasteiger partial charge in [-0.05, 0) is 138 Å². The highest BCUT2D eigenvalue weighted by Gasteiger charge is 2.60. The van der Waals surface area contributed by atoms with E-state index in [1.54, 1.807) is 0 Å². The van der Waals surface area contributed by atoms with Crippen molar-refractivity contribution in [2.24, 2.45) is 46.3 Å². The molecule has 0 aliphatic heterocycles. The Balaban J connectivity index is 1.46. The standard InChI is InChI=1S/C26H47NO/c1-18(7-6-16-27(4)5)22-10-11-23-21-9-8-19-17-20(28)12-14-25(19,2)24(21)13-15-26(22,23)3/h18-24,28H,6-17H2,1-5H3/t18-,19?,20?,21+,22-,23+,24+,25+,26-/m1/s1. The Kier molecular flexibility index (Phi) is 5.95. The van der Waals surface area contributed by atoms with Gasteiger partial charge in [0, 0.05) is 0 Å². The van der Waals surface area contributed by atoms with Gasteiger partial charge in [-0.25, -0.2) is 0 Å². The molecule has 2 unspecified atom stereocenters. The van der Waals surface area contributed by atoms with Crippen LogP contribution in [0.3, 0.4) is 0 Å². The van der Waals surface area contributed by atoms with Crippen molar-refractivity contribution in [1.82, 2.24) is 4.90 Å². The molecule has 0 saturated heterocycles. The van der Waals surface area contributed by atoms with E-state index in [9.17, 15) is 5.11 Å². The summed E-state index contributed by atoms with van der Waals surface area (Å²) in [4.78, 5) is 2.34. The molecule has 0 aromatic carbocycles. The summed E-state index contributed by atoms with van der Waals surface area (Å²) >= 11 is 0. The molecule has 2 heteroatoms. The number of aliphatic hydroxyl groups excluding tert-OH is 1. The Labute approximate surface area is 174 Å². The van der Waals surface area contributed by atoms with Gasteiger partial charge in [-0.1, -0.05) is 20.8 Å². The molecule has 0 aromatic rings. The minimum atomic E-state index is -0.0117. The predicted molar refractivity (Wildman–Crippen MR) is 118 cm³/mol. The summed E-state index contributed by atoms with van der Waals surface area (Å²) in [6.07, 6.45) is 15.0. The van der Waals surface area contributed by atoms with Gasteiger partial charge in [-0.15, -0.1) is 0 Å². The fraction of sp³-hybridized carbons (Fsp3) is 1.00. The molecule has 0 amide bonds. The van der Waals surface area contributed by atoms with Gasteiger partial charge in [0.15, 0.2) is 0 Å². The Morgan fingerprint density at radius 2 is 1.64 bits per heavy atom. The summed E-state index contributed by atoms with van der Waals surface area (Å²) in [5.74, 6) is 5.55. The number of hydrogen-bond acceptors (Lipinski definition) is 2. The monoisotopic (exact) mass is 389 g/mol. The Hall–Kier alpha value is -0.0800. The molecule has 0 radical (unpaired) electrons. The molecule has 0 bridgehead atoms. The molecule has 28 heavy (non-hydrogen) atoms. The second kappa shape index (κ2) is 7.88. The molecule has 4 aliphatic carbocycles. The lowest BCUT2D eigenvalue weighted by molar-refractivity contribution is -0.129. The quantitative estimate of drug-likeness (QED) is 0.625. The SMILES string of the molecule is C[C@H](CCCN(C)C)[C@H]1CC[C@H]2[C@@H]3CCC4CC(O)CC[C@]4(C)[C@H]3CC[C@]12C. The lowest BCUT2D eigenvalue weighted by atomic mass is 9.44. The summed E-state index contributed by atoms with van der Waals surface area (Å²) in [6, 6.07) is 0. The highest BCUT2D eigenvalue weighted by molar-refractivity contribution is 5.09. The second-order valence-corrected chi connectivity index (χ2v) is 12.2. The van der Waals surface area contributed by atoms with Crippen LogP contribution in [0.15, 0.2) is 0 Å². The van der Waals surface area contributed by atoms with Gasteiger partial charge in [0.1, 0.15) is 0 Å². The molecule has 0 spiro atoms. The van der Waals surface area contributed by atoms with E-state index >= 15 is 0 Å². The number of rotatable bonds is 5. The summed E-state index contributed by atoms with van der Waals surface area (Å²) in [5, 5.41) is 10.2. The highest BCUT2D eigenvalue weighted by atomic mass is 16.3. The summed E-state index contributed by atoms with van der Waals surface area (Å²) in [7, 11) is 4.42. The van der Waals surface area contributed by atoms with Crippen LogP contribution >= 0.6 is 0 Å². The van der Waals surface area contributed by atoms with Crippen molar-refractivity contribution in [1.29, 1.82) is 0 Å². The topological polar surface area (TPSA) is 23.5 Å². The number of fused-ring (bicyclic) bond motifs is 5.